The van der Waals surface area contributed by atoms with Gasteiger partial charge < -0.3 is 5.32 Å². The summed E-state index contributed by atoms with van der Waals surface area (Å²) in [6.45, 7) is 0.568. The Kier molecular flexibility index (Phi) is 2.89. The van der Waals surface area contributed by atoms with E-state index in [1.807, 2.05) is 24.3 Å². The number of carbonyl (C=O) groups excluding carboxylic acids is 1. The topological polar surface area (TPSA) is 69.7 Å². The molecule has 1 saturated heterocycles. The number of para-hydroxylation sites is 1. The maximum Gasteiger partial charge on any atom is 0.281 e. The van der Waals surface area contributed by atoms with Gasteiger partial charge in [0, 0.05) is 32.9 Å². The van der Waals surface area contributed by atoms with Gasteiger partial charge in [-0.2, -0.15) is 17.0 Å². The van der Waals surface area contributed by atoms with Gasteiger partial charge in [-0.15, -0.1) is 0 Å². The van der Waals surface area contributed by atoms with E-state index in [4.69, 9.17) is 0 Å². The zero-order valence-electron chi connectivity index (χ0n) is 11.5. The molecule has 20 heavy (non-hydrogen) atoms. The molecule has 1 fully saturated rings. The molecule has 3 rings (SSSR count). The van der Waals surface area contributed by atoms with Gasteiger partial charge in [0.05, 0.1) is 5.41 Å². The molecular formula is C13H17N3O3S. The predicted octanol–water partition coefficient (Wildman–Crippen LogP) is 0.389. The van der Waals surface area contributed by atoms with Crippen LogP contribution < -0.4 is 5.32 Å². The van der Waals surface area contributed by atoms with Crippen LogP contribution in [-0.2, 0) is 20.4 Å². The standard InChI is InChI=1S/C13H17N3O3S/c1-15(2)20(18,19)16-8-7-13(9-16)10-5-3-4-6-11(10)14-12(13)17/h3-6H,7-9H2,1-2H3,(H,14,17). The van der Waals surface area contributed by atoms with Gasteiger partial charge in [0.2, 0.25) is 5.91 Å². The van der Waals surface area contributed by atoms with E-state index in [0.29, 0.717) is 13.0 Å². The third kappa shape index (κ3) is 1.70. The van der Waals surface area contributed by atoms with Crippen LogP contribution in [-0.4, -0.2) is 50.1 Å². The fourth-order valence-corrected chi connectivity index (χ4v) is 4.15. The predicted molar refractivity (Wildman–Crippen MR) is 75.5 cm³/mol. The molecule has 2 aliphatic heterocycles. The fourth-order valence-electron chi connectivity index (χ4n) is 2.98. The van der Waals surface area contributed by atoms with Crippen LogP contribution >= 0.6 is 0 Å². The summed E-state index contributed by atoms with van der Waals surface area (Å²) in [6, 6.07) is 7.50. The summed E-state index contributed by atoms with van der Waals surface area (Å²) in [4.78, 5) is 12.4. The number of nitrogens with zero attached hydrogens (tertiary/aromatic N) is 2. The maximum absolute atomic E-state index is 12.4. The molecule has 1 atom stereocenters. The Morgan fingerprint density at radius 1 is 1.30 bits per heavy atom. The van der Waals surface area contributed by atoms with Crippen molar-refractivity contribution in [3.63, 3.8) is 0 Å². The lowest BCUT2D eigenvalue weighted by Crippen LogP contribution is -2.43. The Morgan fingerprint density at radius 3 is 2.70 bits per heavy atom. The van der Waals surface area contributed by atoms with Crippen molar-refractivity contribution in [2.24, 2.45) is 0 Å². The highest BCUT2D eigenvalue weighted by molar-refractivity contribution is 7.86. The molecule has 0 aliphatic carbocycles. The van der Waals surface area contributed by atoms with Crippen molar-refractivity contribution in [1.29, 1.82) is 0 Å². The van der Waals surface area contributed by atoms with E-state index in [-0.39, 0.29) is 12.5 Å². The lowest BCUT2D eigenvalue weighted by atomic mass is 9.81. The number of amides is 1. The average molecular weight is 295 g/mol. The Hall–Kier alpha value is -1.44. The molecule has 2 heterocycles. The van der Waals surface area contributed by atoms with Crippen LogP contribution in [0.1, 0.15) is 12.0 Å². The molecule has 2 aliphatic rings. The van der Waals surface area contributed by atoms with Gasteiger partial charge in [-0.3, -0.25) is 4.79 Å². The highest BCUT2D eigenvalue weighted by atomic mass is 32.2. The summed E-state index contributed by atoms with van der Waals surface area (Å²) in [7, 11) is -0.473. The summed E-state index contributed by atoms with van der Waals surface area (Å²) >= 11 is 0. The molecule has 1 spiro atoms. The lowest BCUT2D eigenvalue weighted by molar-refractivity contribution is -0.120. The molecule has 7 heteroatoms. The SMILES string of the molecule is CN(C)S(=O)(=O)N1CCC2(C1)C(=O)Nc1ccccc12. The van der Waals surface area contributed by atoms with Crippen molar-refractivity contribution in [1.82, 2.24) is 8.61 Å². The summed E-state index contributed by atoms with van der Waals surface area (Å²) in [5, 5.41) is 2.86. The molecule has 0 radical (unpaired) electrons. The van der Waals surface area contributed by atoms with Crippen LogP contribution in [0.2, 0.25) is 0 Å². The van der Waals surface area contributed by atoms with Crippen molar-refractivity contribution in [3.8, 4) is 0 Å². The Balaban J connectivity index is 2.00. The van der Waals surface area contributed by atoms with Crippen molar-refractivity contribution in [3.05, 3.63) is 29.8 Å². The number of hydrogen-bond acceptors (Lipinski definition) is 3. The minimum atomic E-state index is -3.48. The normalized spacial score (nSPS) is 26.2. The Bertz CT molecular complexity index is 671. The second-order valence-corrected chi connectivity index (χ2v) is 7.60. The van der Waals surface area contributed by atoms with Gasteiger partial charge in [-0.25, -0.2) is 0 Å². The molecule has 1 N–H and O–H groups in total. The summed E-state index contributed by atoms with van der Waals surface area (Å²) in [5.74, 6) is -0.102. The molecule has 1 unspecified atom stereocenters. The summed E-state index contributed by atoms with van der Waals surface area (Å²) < 4.78 is 27.0. The first-order valence-electron chi connectivity index (χ1n) is 6.46. The number of fused-ring (bicyclic) bond motifs is 2. The van der Waals surface area contributed by atoms with Gasteiger partial charge in [0.1, 0.15) is 0 Å². The van der Waals surface area contributed by atoms with E-state index in [1.165, 1.54) is 22.7 Å². The lowest BCUT2D eigenvalue weighted by Gasteiger charge is -2.24. The van der Waals surface area contributed by atoms with E-state index in [0.717, 1.165) is 11.3 Å². The first-order chi connectivity index (χ1) is 9.38. The minimum Gasteiger partial charge on any atom is -0.325 e. The third-order valence-electron chi connectivity index (χ3n) is 4.15. The molecule has 0 aromatic heterocycles. The van der Waals surface area contributed by atoms with Crippen LogP contribution in [0.3, 0.4) is 0 Å². The molecule has 1 aromatic carbocycles. The number of anilines is 1. The largest absolute Gasteiger partial charge is 0.325 e. The molecule has 1 amide bonds. The molecule has 0 saturated carbocycles. The highest BCUT2D eigenvalue weighted by Crippen LogP contribution is 2.44. The number of carbonyl (C=O) groups is 1. The van der Waals surface area contributed by atoms with E-state index in [2.05, 4.69) is 5.32 Å². The van der Waals surface area contributed by atoms with Gasteiger partial charge in [-0.05, 0) is 18.1 Å². The van der Waals surface area contributed by atoms with Gasteiger partial charge in [-0.1, -0.05) is 18.2 Å². The molecule has 6 nitrogen and oxygen atoms in total. The first-order valence-corrected chi connectivity index (χ1v) is 7.86. The summed E-state index contributed by atoms with van der Waals surface area (Å²) in [5.41, 5.74) is 0.961. The second kappa shape index (κ2) is 4.28. The number of nitrogens with one attached hydrogen (secondary N) is 1. The third-order valence-corrected chi connectivity index (χ3v) is 6.03. The van der Waals surface area contributed by atoms with Crippen molar-refractivity contribution in [2.75, 3.05) is 32.5 Å². The zero-order valence-corrected chi connectivity index (χ0v) is 12.3. The molecule has 108 valence electrons. The Morgan fingerprint density at radius 2 is 2.00 bits per heavy atom. The van der Waals surface area contributed by atoms with Gasteiger partial charge in [0.15, 0.2) is 0 Å². The Labute approximate surface area is 118 Å². The number of hydrogen-bond donors (Lipinski definition) is 1. The number of rotatable bonds is 2. The van der Waals surface area contributed by atoms with E-state index < -0.39 is 15.6 Å². The van der Waals surface area contributed by atoms with E-state index in [9.17, 15) is 13.2 Å². The average Bonchev–Trinajstić information content (AvgIpc) is 2.96. The fraction of sp³-hybridized carbons (Fsp3) is 0.462. The van der Waals surface area contributed by atoms with Crippen molar-refractivity contribution in [2.45, 2.75) is 11.8 Å². The summed E-state index contributed by atoms with van der Waals surface area (Å²) in [6.07, 6.45) is 0.517. The van der Waals surface area contributed by atoms with E-state index >= 15 is 0 Å². The second-order valence-electron chi connectivity index (χ2n) is 5.46. The smallest absolute Gasteiger partial charge is 0.281 e. The molecular weight excluding hydrogens is 278 g/mol. The first kappa shape index (κ1) is 13.5. The quantitative estimate of drug-likeness (QED) is 0.858. The van der Waals surface area contributed by atoms with Gasteiger partial charge >= 0.3 is 0 Å². The molecule has 1 aromatic rings. The van der Waals surface area contributed by atoms with Crippen molar-refractivity contribution < 1.29 is 13.2 Å². The highest BCUT2D eigenvalue weighted by Gasteiger charge is 2.53. The van der Waals surface area contributed by atoms with Crippen LogP contribution in [0.25, 0.3) is 0 Å². The van der Waals surface area contributed by atoms with Crippen molar-refractivity contribution >= 4 is 21.8 Å². The van der Waals surface area contributed by atoms with E-state index in [1.54, 1.807) is 0 Å². The van der Waals surface area contributed by atoms with Gasteiger partial charge in [0.25, 0.3) is 10.2 Å². The number of benzene rings is 1. The van der Waals surface area contributed by atoms with Crippen LogP contribution in [0, 0.1) is 0 Å². The zero-order chi connectivity index (χ0) is 14.5. The monoisotopic (exact) mass is 295 g/mol. The van der Waals surface area contributed by atoms with Crippen LogP contribution in [0.5, 0.6) is 0 Å². The van der Waals surface area contributed by atoms with Crippen LogP contribution in [0.4, 0.5) is 5.69 Å². The minimum absolute atomic E-state index is 0.102. The van der Waals surface area contributed by atoms with Crippen LogP contribution in [0.15, 0.2) is 24.3 Å². The maximum atomic E-state index is 12.4. The molecule has 0 bridgehead atoms.